The van der Waals surface area contributed by atoms with Gasteiger partial charge < -0.3 is 5.73 Å². The number of tetrazole rings is 1. The third-order valence-electron chi connectivity index (χ3n) is 5.03. The lowest BCUT2D eigenvalue weighted by Crippen LogP contribution is -2.42. The van der Waals surface area contributed by atoms with Crippen LogP contribution in [0, 0.1) is 17.7 Å². The van der Waals surface area contributed by atoms with Gasteiger partial charge in [0.25, 0.3) is 0 Å². The van der Waals surface area contributed by atoms with Gasteiger partial charge in [0.1, 0.15) is 5.82 Å². The van der Waals surface area contributed by atoms with Crippen molar-refractivity contribution in [3.8, 4) is 0 Å². The topological polar surface area (TPSA) is 89.9 Å². The second-order valence-corrected chi connectivity index (χ2v) is 7.22. The monoisotopic (exact) mass is 360 g/mol. The van der Waals surface area contributed by atoms with Crippen molar-refractivity contribution < 1.29 is 9.18 Å². The van der Waals surface area contributed by atoms with Gasteiger partial charge in [0, 0.05) is 5.92 Å². The van der Waals surface area contributed by atoms with Crippen LogP contribution in [-0.2, 0) is 11.3 Å². The molecule has 2 aromatic rings. The van der Waals surface area contributed by atoms with Gasteiger partial charge in [0.05, 0.1) is 12.6 Å². The number of piperidine rings is 1. The summed E-state index contributed by atoms with van der Waals surface area (Å²) in [5, 5.41) is 12.3. The zero-order valence-electron chi connectivity index (χ0n) is 15.2. The van der Waals surface area contributed by atoms with E-state index in [2.05, 4.69) is 34.3 Å². The number of benzene rings is 1. The number of amides is 1. The van der Waals surface area contributed by atoms with E-state index in [-0.39, 0.29) is 23.7 Å². The number of carbonyl (C=O) groups excluding carboxylic acids is 1. The van der Waals surface area contributed by atoms with E-state index in [1.807, 2.05) is 0 Å². The summed E-state index contributed by atoms with van der Waals surface area (Å²) < 4.78 is 14.9. The van der Waals surface area contributed by atoms with Gasteiger partial charge in [-0.3, -0.25) is 9.69 Å². The maximum Gasteiger partial charge on any atom is 0.220 e. The van der Waals surface area contributed by atoms with Crippen LogP contribution in [0.2, 0.25) is 0 Å². The molecule has 1 fully saturated rings. The van der Waals surface area contributed by atoms with Gasteiger partial charge in [-0.2, -0.15) is 0 Å². The third-order valence-corrected chi connectivity index (χ3v) is 5.03. The molecule has 1 aromatic carbocycles. The highest BCUT2D eigenvalue weighted by atomic mass is 19.1. The molecular formula is C18H25FN6O. The van der Waals surface area contributed by atoms with Crippen LogP contribution in [0.5, 0.6) is 0 Å². The van der Waals surface area contributed by atoms with Crippen molar-refractivity contribution in [3.63, 3.8) is 0 Å². The summed E-state index contributed by atoms with van der Waals surface area (Å²) in [7, 11) is 0. The van der Waals surface area contributed by atoms with Crippen LogP contribution in [0.3, 0.4) is 0 Å². The Morgan fingerprint density at radius 2 is 1.92 bits per heavy atom. The summed E-state index contributed by atoms with van der Waals surface area (Å²) >= 11 is 0. The predicted octanol–water partition coefficient (Wildman–Crippen LogP) is 1.75. The average Bonchev–Trinajstić information content (AvgIpc) is 3.05. The van der Waals surface area contributed by atoms with Crippen LogP contribution >= 0.6 is 0 Å². The summed E-state index contributed by atoms with van der Waals surface area (Å²) in [6.45, 7) is 6.35. The highest BCUT2D eigenvalue weighted by Crippen LogP contribution is 2.31. The largest absolute Gasteiger partial charge is 0.369 e. The van der Waals surface area contributed by atoms with Crippen molar-refractivity contribution in [3.05, 3.63) is 41.5 Å². The number of hydrogen-bond donors (Lipinski definition) is 1. The van der Waals surface area contributed by atoms with E-state index in [1.54, 1.807) is 16.8 Å². The molecule has 0 saturated carbocycles. The number of likely N-dealkylation sites (tertiary alicyclic amines) is 1. The number of nitrogens with two attached hydrogens (primary N) is 1. The zero-order valence-corrected chi connectivity index (χ0v) is 15.2. The summed E-state index contributed by atoms with van der Waals surface area (Å²) in [4.78, 5) is 13.7. The van der Waals surface area contributed by atoms with Crippen molar-refractivity contribution in [1.29, 1.82) is 0 Å². The first-order valence-electron chi connectivity index (χ1n) is 8.99. The number of primary amides is 1. The Bertz CT molecular complexity index is 736. The minimum atomic E-state index is -0.261. The number of hydrogen-bond acceptors (Lipinski definition) is 5. The fourth-order valence-electron chi connectivity index (χ4n) is 3.64. The van der Waals surface area contributed by atoms with Gasteiger partial charge in [-0.1, -0.05) is 26.0 Å². The first-order chi connectivity index (χ1) is 12.5. The van der Waals surface area contributed by atoms with Crippen LogP contribution < -0.4 is 5.73 Å². The molecule has 140 valence electrons. The lowest BCUT2D eigenvalue weighted by molar-refractivity contribution is -0.123. The molecule has 1 aromatic heterocycles. The molecule has 1 amide bonds. The van der Waals surface area contributed by atoms with E-state index in [0.717, 1.165) is 37.3 Å². The van der Waals surface area contributed by atoms with E-state index < -0.39 is 0 Å². The lowest BCUT2D eigenvalue weighted by Gasteiger charge is -2.38. The molecule has 1 atom stereocenters. The molecule has 0 radical (unpaired) electrons. The SMILES string of the molecule is CC(C)[C@H](c1nnnn1Cc1ccc(F)cc1)N1CCC(C(N)=O)CC1. The second kappa shape index (κ2) is 7.90. The number of carbonyl (C=O) groups is 1. The van der Waals surface area contributed by atoms with E-state index in [0.29, 0.717) is 12.5 Å². The predicted molar refractivity (Wildman–Crippen MR) is 94.4 cm³/mol. The van der Waals surface area contributed by atoms with Crippen molar-refractivity contribution in [2.45, 2.75) is 39.3 Å². The highest BCUT2D eigenvalue weighted by Gasteiger charge is 2.33. The molecule has 0 spiro atoms. The van der Waals surface area contributed by atoms with Gasteiger partial charge in [-0.05, 0) is 60.0 Å². The van der Waals surface area contributed by atoms with Crippen molar-refractivity contribution in [1.82, 2.24) is 25.1 Å². The number of rotatable bonds is 6. The van der Waals surface area contributed by atoms with Crippen LogP contribution in [0.4, 0.5) is 4.39 Å². The van der Waals surface area contributed by atoms with Crippen molar-refractivity contribution in [2.24, 2.45) is 17.6 Å². The number of nitrogens with zero attached hydrogens (tertiary/aromatic N) is 5. The molecule has 26 heavy (non-hydrogen) atoms. The van der Waals surface area contributed by atoms with E-state index in [1.165, 1.54) is 12.1 Å². The molecule has 0 unspecified atom stereocenters. The summed E-state index contributed by atoms with van der Waals surface area (Å²) in [6.07, 6.45) is 1.52. The Labute approximate surface area is 152 Å². The molecule has 2 N–H and O–H groups in total. The molecule has 7 nitrogen and oxygen atoms in total. The Morgan fingerprint density at radius 3 is 2.50 bits per heavy atom. The Kier molecular flexibility index (Phi) is 5.61. The molecule has 1 aliphatic rings. The van der Waals surface area contributed by atoms with Crippen LogP contribution in [-0.4, -0.2) is 44.1 Å². The Hall–Kier alpha value is -2.35. The smallest absolute Gasteiger partial charge is 0.220 e. The third kappa shape index (κ3) is 4.07. The second-order valence-electron chi connectivity index (χ2n) is 7.22. The molecule has 3 rings (SSSR count). The molecule has 1 aliphatic heterocycles. The highest BCUT2D eigenvalue weighted by molar-refractivity contribution is 5.76. The Balaban J connectivity index is 1.78. The first kappa shape index (κ1) is 18.4. The Morgan fingerprint density at radius 1 is 1.27 bits per heavy atom. The van der Waals surface area contributed by atoms with Crippen molar-refractivity contribution >= 4 is 5.91 Å². The molecule has 0 bridgehead atoms. The van der Waals surface area contributed by atoms with Crippen LogP contribution in [0.1, 0.15) is 44.1 Å². The summed E-state index contributed by atoms with van der Waals surface area (Å²) in [6, 6.07) is 6.41. The maximum atomic E-state index is 13.1. The maximum absolute atomic E-state index is 13.1. The summed E-state index contributed by atoms with van der Waals surface area (Å²) in [5.41, 5.74) is 6.38. The fraction of sp³-hybridized carbons (Fsp3) is 0.556. The molecule has 8 heteroatoms. The summed E-state index contributed by atoms with van der Waals surface area (Å²) in [5.74, 6) is 0.573. The van der Waals surface area contributed by atoms with E-state index >= 15 is 0 Å². The van der Waals surface area contributed by atoms with Crippen molar-refractivity contribution in [2.75, 3.05) is 13.1 Å². The quantitative estimate of drug-likeness (QED) is 0.848. The van der Waals surface area contributed by atoms with Gasteiger partial charge in [-0.15, -0.1) is 5.10 Å². The van der Waals surface area contributed by atoms with Gasteiger partial charge >= 0.3 is 0 Å². The van der Waals surface area contributed by atoms with E-state index in [4.69, 9.17) is 5.73 Å². The minimum Gasteiger partial charge on any atom is -0.369 e. The van der Waals surface area contributed by atoms with Gasteiger partial charge in [0.2, 0.25) is 5.91 Å². The fourth-order valence-corrected chi connectivity index (χ4v) is 3.64. The van der Waals surface area contributed by atoms with Crippen LogP contribution in [0.15, 0.2) is 24.3 Å². The molecule has 0 aliphatic carbocycles. The zero-order chi connectivity index (χ0) is 18.7. The standard InChI is InChI=1S/C18H25FN6O/c1-12(2)16(24-9-7-14(8-10-24)17(20)26)18-21-22-23-25(18)11-13-3-5-15(19)6-4-13/h3-6,12,14,16H,7-11H2,1-2H3,(H2,20,26)/t16-/m1/s1. The average molecular weight is 360 g/mol. The number of halogens is 1. The normalized spacial score (nSPS) is 17.5. The van der Waals surface area contributed by atoms with Crippen LogP contribution in [0.25, 0.3) is 0 Å². The molecule has 2 heterocycles. The van der Waals surface area contributed by atoms with Gasteiger partial charge in [-0.25, -0.2) is 9.07 Å². The first-order valence-corrected chi connectivity index (χ1v) is 8.99. The van der Waals surface area contributed by atoms with E-state index in [9.17, 15) is 9.18 Å². The van der Waals surface area contributed by atoms with Gasteiger partial charge in [0.15, 0.2) is 5.82 Å². The molecule has 1 saturated heterocycles. The minimum absolute atomic E-state index is 0.0470. The lowest BCUT2D eigenvalue weighted by atomic mass is 9.92. The number of aromatic nitrogens is 4. The molecular weight excluding hydrogens is 335 g/mol.